The van der Waals surface area contributed by atoms with Gasteiger partial charge in [0.1, 0.15) is 5.82 Å². The van der Waals surface area contributed by atoms with Crippen LogP contribution in [0.2, 0.25) is 0 Å². The van der Waals surface area contributed by atoms with Crippen LogP contribution in [0.15, 0.2) is 24.3 Å². The van der Waals surface area contributed by atoms with Crippen molar-refractivity contribution in [1.29, 1.82) is 0 Å². The van der Waals surface area contributed by atoms with E-state index in [1.54, 1.807) is 0 Å². The molecule has 2 aromatic rings. The monoisotopic (exact) mass is 441 g/mol. The van der Waals surface area contributed by atoms with E-state index >= 15 is 0 Å². The van der Waals surface area contributed by atoms with Crippen LogP contribution in [-0.4, -0.2) is 52.1 Å². The second kappa shape index (κ2) is 8.20. The summed E-state index contributed by atoms with van der Waals surface area (Å²) < 4.78 is 18.2. The number of carbonyl (C=O) groups excluding carboxylic acids is 1. The molecule has 1 saturated carbocycles. The van der Waals surface area contributed by atoms with E-state index in [1.165, 1.54) is 0 Å². The van der Waals surface area contributed by atoms with Gasteiger partial charge in [-0.05, 0) is 51.0 Å². The molecule has 0 bridgehead atoms. The van der Waals surface area contributed by atoms with Gasteiger partial charge in [-0.15, -0.1) is 0 Å². The van der Waals surface area contributed by atoms with Crippen molar-refractivity contribution in [3.63, 3.8) is 0 Å². The minimum atomic E-state index is -0.980. The molecule has 3 unspecified atom stereocenters. The van der Waals surface area contributed by atoms with Gasteiger partial charge < -0.3 is 20.3 Å². The summed E-state index contributed by atoms with van der Waals surface area (Å²) in [6, 6.07) is 7.87. The van der Waals surface area contributed by atoms with Gasteiger partial charge in [0.05, 0.1) is 36.0 Å². The number of morpholine rings is 1. The number of hydrogen-bond acceptors (Lipinski definition) is 6. The SMILES string of the molecule is CC1COCCN1c1nc(-c2ccc(NC(=O)NC3CC3)cc2)nc2c1C(C)S(=O)C2. The third-order valence-corrected chi connectivity index (χ3v) is 7.62. The normalized spacial score (nSPS) is 25.2. The number of urea groups is 1. The van der Waals surface area contributed by atoms with Crippen molar-refractivity contribution < 1.29 is 13.7 Å². The number of anilines is 2. The Balaban J connectivity index is 1.45. The first-order valence-corrected chi connectivity index (χ1v) is 12.2. The fourth-order valence-corrected chi connectivity index (χ4v) is 5.34. The standard InChI is InChI=1S/C22H27N5O3S/c1-13-11-30-10-9-27(13)21-19-14(2)31(29)12-18(19)25-20(26-21)15-3-5-16(6-4-15)23-22(28)24-17-7-8-17/h3-6,13-14,17H,7-12H2,1-2H3,(H2,23,24,28). The van der Waals surface area contributed by atoms with E-state index in [9.17, 15) is 9.00 Å². The van der Waals surface area contributed by atoms with Gasteiger partial charge in [0.15, 0.2) is 5.82 Å². The van der Waals surface area contributed by atoms with Crippen molar-refractivity contribution in [2.45, 2.75) is 49.8 Å². The number of aromatic nitrogens is 2. The minimum absolute atomic E-state index is 0.0781. The van der Waals surface area contributed by atoms with Gasteiger partial charge in [0, 0.05) is 40.2 Å². The average molecular weight is 442 g/mol. The van der Waals surface area contributed by atoms with Crippen LogP contribution in [0.4, 0.5) is 16.3 Å². The van der Waals surface area contributed by atoms with E-state index in [1.807, 2.05) is 31.2 Å². The van der Waals surface area contributed by atoms with Crippen LogP contribution >= 0.6 is 0 Å². The summed E-state index contributed by atoms with van der Waals surface area (Å²) >= 11 is 0. The molecule has 1 aromatic heterocycles. The zero-order valence-electron chi connectivity index (χ0n) is 17.8. The Hall–Kier alpha value is -2.52. The van der Waals surface area contributed by atoms with Crippen molar-refractivity contribution in [3.8, 4) is 11.4 Å². The van der Waals surface area contributed by atoms with Crippen LogP contribution in [0.1, 0.15) is 43.2 Å². The van der Waals surface area contributed by atoms with Gasteiger partial charge in [0.25, 0.3) is 0 Å². The van der Waals surface area contributed by atoms with Crippen LogP contribution in [0.25, 0.3) is 11.4 Å². The molecule has 0 spiro atoms. The lowest BCUT2D eigenvalue weighted by atomic mass is 10.1. The number of carbonyl (C=O) groups is 1. The van der Waals surface area contributed by atoms with Crippen LogP contribution in [-0.2, 0) is 21.3 Å². The number of nitrogens with one attached hydrogen (secondary N) is 2. The Labute approximate surface area is 184 Å². The third kappa shape index (κ3) is 4.16. The minimum Gasteiger partial charge on any atom is -0.377 e. The molecular formula is C22H27N5O3S. The molecule has 3 aliphatic rings. The molecule has 5 rings (SSSR count). The van der Waals surface area contributed by atoms with E-state index in [4.69, 9.17) is 14.7 Å². The highest BCUT2D eigenvalue weighted by Gasteiger charge is 2.35. The molecule has 1 saturated heterocycles. The molecule has 2 fully saturated rings. The van der Waals surface area contributed by atoms with Crippen molar-refractivity contribution in [2.75, 3.05) is 30.0 Å². The predicted molar refractivity (Wildman–Crippen MR) is 121 cm³/mol. The number of nitrogens with zero attached hydrogens (tertiary/aromatic N) is 3. The second-order valence-electron chi connectivity index (χ2n) is 8.47. The Morgan fingerprint density at radius 1 is 1.19 bits per heavy atom. The topological polar surface area (TPSA) is 96.4 Å². The number of benzene rings is 1. The van der Waals surface area contributed by atoms with E-state index < -0.39 is 10.8 Å². The summed E-state index contributed by atoms with van der Waals surface area (Å²) in [5.74, 6) is 1.95. The molecule has 0 radical (unpaired) electrons. The third-order valence-electron chi connectivity index (χ3n) is 6.04. The van der Waals surface area contributed by atoms with Crippen LogP contribution in [0.3, 0.4) is 0 Å². The van der Waals surface area contributed by atoms with Gasteiger partial charge in [0.2, 0.25) is 0 Å². The maximum Gasteiger partial charge on any atom is 0.319 e. The lowest BCUT2D eigenvalue weighted by Crippen LogP contribution is -2.44. The molecule has 3 heterocycles. The van der Waals surface area contributed by atoms with Gasteiger partial charge in [-0.2, -0.15) is 0 Å². The quantitative estimate of drug-likeness (QED) is 0.757. The lowest BCUT2D eigenvalue weighted by molar-refractivity contribution is 0.0984. The van der Waals surface area contributed by atoms with Crippen LogP contribution < -0.4 is 15.5 Å². The molecule has 1 aliphatic carbocycles. The average Bonchev–Trinajstić information content (AvgIpc) is 3.52. The Morgan fingerprint density at radius 2 is 1.97 bits per heavy atom. The van der Waals surface area contributed by atoms with Crippen molar-refractivity contribution in [1.82, 2.24) is 15.3 Å². The van der Waals surface area contributed by atoms with E-state index in [-0.39, 0.29) is 17.3 Å². The molecule has 9 heteroatoms. The highest BCUT2D eigenvalue weighted by molar-refractivity contribution is 7.84. The molecule has 31 heavy (non-hydrogen) atoms. The number of ether oxygens (including phenoxy) is 1. The lowest BCUT2D eigenvalue weighted by Gasteiger charge is -2.35. The largest absolute Gasteiger partial charge is 0.377 e. The zero-order valence-corrected chi connectivity index (χ0v) is 18.6. The summed E-state index contributed by atoms with van der Waals surface area (Å²) in [5.41, 5.74) is 3.46. The number of amides is 2. The molecule has 2 N–H and O–H groups in total. The summed E-state index contributed by atoms with van der Waals surface area (Å²) in [6.45, 7) is 6.17. The van der Waals surface area contributed by atoms with Gasteiger partial charge in [-0.1, -0.05) is 0 Å². The van der Waals surface area contributed by atoms with E-state index in [0.717, 1.165) is 47.7 Å². The number of rotatable bonds is 4. The number of hydrogen-bond donors (Lipinski definition) is 2. The number of fused-ring (bicyclic) bond motifs is 1. The maximum atomic E-state index is 12.6. The second-order valence-corrected chi connectivity index (χ2v) is 10.2. The Kier molecular flexibility index (Phi) is 5.39. The van der Waals surface area contributed by atoms with E-state index in [2.05, 4.69) is 22.5 Å². The summed E-state index contributed by atoms with van der Waals surface area (Å²) in [7, 11) is -0.980. The molecule has 2 aliphatic heterocycles. The molecule has 164 valence electrons. The predicted octanol–water partition coefficient (Wildman–Crippen LogP) is 2.98. The highest BCUT2D eigenvalue weighted by Crippen LogP contribution is 2.40. The first-order chi connectivity index (χ1) is 15.0. The van der Waals surface area contributed by atoms with E-state index in [0.29, 0.717) is 30.8 Å². The van der Waals surface area contributed by atoms with Crippen molar-refractivity contribution >= 4 is 28.3 Å². The first-order valence-electron chi connectivity index (χ1n) is 10.8. The summed E-state index contributed by atoms with van der Waals surface area (Å²) in [6.07, 6.45) is 2.10. The molecule has 2 amide bonds. The molecule has 3 atom stereocenters. The van der Waals surface area contributed by atoms with Crippen LogP contribution in [0.5, 0.6) is 0 Å². The fourth-order valence-electron chi connectivity index (χ4n) is 4.09. The molecule has 1 aromatic carbocycles. The van der Waals surface area contributed by atoms with Gasteiger partial charge >= 0.3 is 6.03 Å². The molecular weight excluding hydrogens is 414 g/mol. The molecule has 8 nitrogen and oxygen atoms in total. The summed E-state index contributed by atoms with van der Waals surface area (Å²) in [5, 5.41) is 5.70. The summed E-state index contributed by atoms with van der Waals surface area (Å²) in [4.78, 5) is 23.9. The van der Waals surface area contributed by atoms with Crippen molar-refractivity contribution in [3.05, 3.63) is 35.5 Å². The van der Waals surface area contributed by atoms with Crippen LogP contribution in [0, 0.1) is 0 Å². The maximum absolute atomic E-state index is 12.6. The zero-order chi connectivity index (χ0) is 21.5. The van der Waals surface area contributed by atoms with Gasteiger partial charge in [-0.3, -0.25) is 4.21 Å². The Bertz CT molecular complexity index is 1020. The van der Waals surface area contributed by atoms with Gasteiger partial charge in [-0.25, -0.2) is 14.8 Å². The fraction of sp³-hybridized carbons (Fsp3) is 0.500. The Morgan fingerprint density at radius 3 is 2.68 bits per heavy atom. The smallest absolute Gasteiger partial charge is 0.319 e. The highest BCUT2D eigenvalue weighted by atomic mass is 32.2. The first kappa shape index (κ1) is 20.4. The van der Waals surface area contributed by atoms with Crippen molar-refractivity contribution in [2.24, 2.45) is 0 Å².